The fraction of sp³-hybridized carbons (Fsp3) is 0.400. The number of phenols is 1. The first kappa shape index (κ1) is 23.4. The van der Waals surface area contributed by atoms with Crippen molar-refractivity contribution < 1.29 is 14.2 Å². The number of aromatic nitrogens is 4. The lowest BCUT2D eigenvalue weighted by Gasteiger charge is -2.37. The predicted octanol–water partition coefficient (Wildman–Crippen LogP) is 4.54. The second-order valence-electron chi connectivity index (χ2n) is 8.54. The number of pyridine rings is 1. The van der Waals surface area contributed by atoms with Crippen LogP contribution in [0.15, 0.2) is 36.7 Å². The molecule has 0 amide bonds. The molecular weight excluding hydrogens is 435 g/mol. The molecule has 1 saturated carbocycles. The molecular formula is C25H27FN6O2. The summed E-state index contributed by atoms with van der Waals surface area (Å²) in [5.74, 6) is 1.62. The van der Waals surface area contributed by atoms with E-state index >= 15 is 0 Å². The van der Waals surface area contributed by atoms with Gasteiger partial charge in [-0.2, -0.15) is 5.26 Å². The smallest absolute Gasteiger partial charge is 0.185 e. The highest BCUT2D eigenvalue weighted by atomic mass is 19.1. The van der Waals surface area contributed by atoms with E-state index in [2.05, 4.69) is 27.1 Å². The van der Waals surface area contributed by atoms with Gasteiger partial charge in [0, 0.05) is 18.8 Å². The van der Waals surface area contributed by atoms with E-state index in [0.717, 1.165) is 19.3 Å². The molecule has 0 spiro atoms. The lowest BCUT2D eigenvalue weighted by atomic mass is 9.82. The standard InChI is InChI=1S/C25H27FN6O2/c1-4-15-5-8-19(26)21(9-15)32(2)24-14-29-25(31-30-24)18-7-6-16(10-22(18)33)17-11-23(34-3)20(12-27)28-13-17/h6-7,10-11,13-15,19,21,33H,4-5,8-9H2,1-3H3/t15-,19+,21-/m1/s1. The predicted molar refractivity (Wildman–Crippen MR) is 126 cm³/mol. The number of hydrogen-bond donors (Lipinski definition) is 1. The molecule has 2 aromatic heterocycles. The van der Waals surface area contributed by atoms with Crippen LogP contribution in [0.4, 0.5) is 10.2 Å². The van der Waals surface area contributed by atoms with E-state index in [0.29, 0.717) is 40.6 Å². The van der Waals surface area contributed by atoms with Crippen molar-refractivity contribution in [3.63, 3.8) is 0 Å². The van der Waals surface area contributed by atoms with Crippen LogP contribution in [0.25, 0.3) is 22.5 Å². The minimum absolute atomic E-state index is 0.0226. The van der Waals surface area contributed by atoms with Gasteiger partial charge in [-0.15, -0.1) is 10.2 Å². The van der Waals surface area contributed by atoms with E-state index in [-0.39, 0.29) is 23.3 Å². The number of nitrogens with zero attached hydrogens (tertiary/aromatic N) is 6. The highest BCUT2D eigenvalue weighted by molar-refractivity contribution is 5.73. The van der Waals surface area contributed by atoms with Gasteiger partial charge in [0.25, 0.3) is 0 Å². The van der Waals surface area contributed by atoms with E-state index < -0.39 is 6.17 Å². The molecule has 34 heavy (non-hydrogen) atoms. The summed E-state index contributed by atoms with van der Waals surface area (Å²) in [5.41, 5.74) is 1.99. The van der Waals surface area contributed by atoms with Crippen LogP contribution in [-0.2, 0) is 0 Å². The number of hydrogen-bond acceptors (Lipinski definition) is 8. The maximum Gasteiger partial charge on any atom is 0.185 e. The Balaban J connectivity index is 1.55. The molecule has 1 N–H and O–H groups in total. The zero-order chi connectivity index (χ0) is 24.2. The Morgan fingerprint density at radius 3 is 2.65 bits per heavy atom. The van der Waals surface area contributed by atoms with Crippen molar-refractivity contribution in [2.24, 2.45) is 5.92 Å². The van der Waals surface area contributed by atoms with Crippen molar-refractivity contribution in [2.75, 3.05) is 19.1 Å². The first-order valence-corrected chi connectivity index (χ1v) is 11.3. The summed E-state index contributed by atoms with van der Waals surface area (Å²) in [6.07, 6.45) is 5.52. The number of alkyl halides is 1. The van der Waals surface area contributed by atoms with Gasteiger partial charge in [-0.1, -0.05) is 19.4 Å². The van der Waals surface area contributed by atoms with Gasteiger partial charge in [0.2, 0.25) is 0 Å². The lowest BCUT2D eigenvalue weighted by Crippen LogP contribution is -2.44. The average molecular weight is 463 g/mol. The Morgan fingerprint density at radius 1 is 1.18 bits per heavy atom. The molecule has 8 nitrogen and oxygen atoms in total. The zero-order valence-electron chi connectivity index (χ0n) is 19.4. The fourth-order valence-corrected chi connectivity index (χ4v) is 4.43. The molecule has 0 aliphatic heterocycles. The molecule has 0 bridgehead atoms. The molecule has 3 atom stereocenters. The first-order valence-electron chi connectivity index (χ1n) is 11.3. The highest BCUT2D eigenvalue weighted by Crippen LogP contribution is 2.35. The minimum atomic E-state index is -0.902. The van der Waals surface area contributed by atoms with Crippen LogP contribution in [0, 0.1) is 17.2 Å². The monoisotopic (exact) mass is 462 g/mol. The molecule has 1 aliphatic rings. The molecule has 3 aromatic rings. The molecule has 0 radical (unpaired) electrons. The van der Waals surface area contributed by atoms with Gasteiger partial charge in [0.15, 0.2) is 23.1 Å². The molecule has 1 fully saturated rings. The van der Waals surface area contributed by atoms with E-state index in [4.69, 9.17) is 10.00 Å². The maximum absolute atomic E-state index is 14.6. The molecule has 4 rings (SSSR count). The molecule has 2 heterocycles. The molecule has 176 valence electrons. The van der Waals surface area contributed by atoms with Gasteiger partial charge >= 0.3 is 0 Å². The van der Waals surface area contributed by atoms with Crippen LogP contribution < -0.4 is 9.64 Å². The molecule has 0 unspecified atom stereocenters. The third kappa shape index (κ3) is 4.62. The van der Waals surface area contributed by atoms with Crippen molar-refractivity contribution in [1.82, 2.24) is 20.2 Å². The van der Waals surface area contributed by atoms with Crippen LogP contribution >= 0.6 is 0 Å². The van der Waals surface area contributed by atoms with Gasteiger partial charge in [0.1, 0.15) is 18.0 Å². The summed E-state index contributed by atoms with van der Waals surface area (Å²) < 4.78 is 19.8. The zero-order valence-corrected chi connectivity index (χ0v) is 19.4. The SMILES string of the molecule is CC[C@@H]1CC[C@H](F)[C@H](N(C)c2cnc(-c3ccc(-c4cnc(C#N)c(OC)c4)cc3O)nn2)C1. The third-order valence-corrected chi connectivity index (χ3v) is 6.58. The van der Waals surface area contributed by atoms with Crippen molar-refractivity contribution >= 4 is 5.82 Å². The van der Waals surface area contributed by atoms with E-state index in [1.54, 1.807) is 36.7 Å². The second-order valence-corrected chi connectivity index (χ2v) is 8.54. The van der Waals surface area contributed by atoms with Crippen LogP contribution in [0.1, 0.15) is 38.3 Å². The van der Waals surface area contributed by atoms with Gasteiger partial charge in [0.05, 0.1) is 24.9 Å². The normalized spacial score (nSPS) is 19.9. The van der Waals surface area contributed by atoms with Gasteiger partial charge in [-0.05, 0) is 48.9 Å². The van der Waals surface area contributed by atoms with Crippen molar-refractivity contribution in [3.05, 3.63) is 42.4 Å². The van der Waals surface area contributed by atoms with Crippen LogP contribution in [-0.4, -0.2) is 51.6 Å². The number of anilines is 1. The second kappa shape index (κ2) is 10.00. The summed E-state index contributed by atoms with van der Waals surface area (Å²) >= 11 is 0. The number of halogens is 1. The van der Waals surface area contributed by atoms with Crippen LogP contribution in [0.3, 0.4) is 0 Å². The number of benzene rings is 1. The van der Waals surface area contributed by atoms with E-state index in [9.17, 15) is 9.50 Å². The number of nitriles is 1. The van der Waals surface area contributed by atoms with Crippen molar-refractivity contribution in [3.8, 4) is 40.1 Å². The summed E-state index contributed by atoms with van der Waals surface area (Å²) in [4.78, 5) is 10.3. The summed E-state index contributed by atoms with van der Waals surface area (Å²) in [6, 6.07) is 8.48. The lowest BCUT2D eigenvalue weighted by molar-refractivity contribution is 0.170. The highest BCUT2D eigenvalue weighted by Gasteiger charge is 2.33. The molecule has 1 aromatic carbocycles. The van der Waals surface area contributed by atoms with Crippen molar-refractivity contribution in [1.29, 1.82) is 5.26 Å². The molecule has 1 aliphatic carbocycles. The number of ether oxygens (including phenoxy) is 1. The van der Waals surface area contributed by atoms with Crippen LogP contribution in [0.2, 0.25) is 0 Å². The maximum atomic E-state index is 14.6. The van der Waals surface area contributed by atoms with E-state index in [1.165, 1.54) is 7.11 Å². The first-order chi connectivity index (χ1) is 16.4. The minimum Gasteiger partial charge on any atom is -0.507 e. The fourth-order valence-electron chi connectivity index (χ4n) is 4.43. The Hall–Kier alpha value is -3.80. The summed E-state index contributed by atoms with van der Waals surface area (Å²) in [5, 5.41) is 28.2. The number of phenolic OH excluding ortho intramolecular Hbond substituents is 1. The topological polar surface area (TPSA) is 108 Å². The molecule has 0 saturated heterocycles. The Labute approximate surface area is 198 Å². The average Bonchev–Trinajstić information content (AvgIpc) is 2.88. The Morgan fingerprint density at radius 2 is 2.00 bits per heavy atom. The van der Waals surface area contributed by atoms with Gasteiger partial charge in [-0.25, -0.2) is 14.4 Å². The Bertz CT molecular complexity index is 1200. The number of rotatable bonds is 6. The van der Waals surface area contributed by atoms with Gasteiger partial charge in [-0.3, -0.25) is 0 Å². The molecule has 9 heteroatoms. The largest absolute Gasteiger partial charge is 0.507 e. The van der Waals surface area contributed by atoms with E-state index in [1.807, 2.05) is 18.0 Å². The number of aromatic hydroxyl groups is 1. The summed E-state index contributed by atoms with van der Waals surface area (Å²) in [7, 11) is 3.30. The summed E-state index contributed by atoms with van der Waals surface area (Å²) in [6.45, 7) is 2.14. The Kier molecular flexibility index (Phi) is 6.87. The third-order valence-electron chi connectivity index (χ3n) is 6.58. The van der Waals surface area contributed by atoms with Crippen LogP contribution in [0.5, 0.6) is 11.5 Å². The van der Waals surface area contributed by atoms with Gasteiger partial charge < -0.3 is 14.7 Å². The van der Waals surface area contributed by atoms with Crippen molar-refractivity contribution in [2.45, 2.75) is 44.8 Å². The number of methoxy groups -OCH3 is 1. The quantitative estimate of drug-likeness (QED) is 0.569.